The molecule has 1 aliphatic heterocycles. The van der Waals surface area contributed by atoms with E-state index in [9.17, 15) is 4.39 Å². The van der Waals surface area contributed by atoms with Gasteiger partial charge in [-0.1, -0.05) is 0 Å². The number of halogens is 1. The molecule has 0 atom stereocenters. The Morgan fingerprint density at radius 1 is 0.824 bits per heavy atom. The van der Waals surface area contributed by atoms with E-state index in [1.807, 2.05) is 0 Å². The van der Waals surface area contributed by atoms with Crippen molar-refractivity contribution in [1.29, 1.82) is 0 Å². The second-order valence-corrected chi connectivity index (χ2v) is 4.93. The Hall–Kier alpha value is -0.190. The molecule has 3 nitrogen and oxygen atoms in total. The maximum Gasteiger partial charge on any atom is 0.0894 e. The van der Waals surface area contributed by atoms with E-state index in [-0.39, 0.29) is 6.67 Å². The number of nitrogens with zero attached hydrogens (tertiary/aromatic N) is 2. The Bertz CT molecular complexity index is 178. The van der Waals surface area contributed by atoms with Crippen molar-refractivity contribution in [2.45, 2.75) is 32.1 Å². The number of unbranched alkanes of at least 4 members (excludes halogenated alkanes) is 2. The van der Waals surface area contributed by atoms with Gasteiger partial charge in [0.2, 0.25) is 0 Å². The fraction of sp³-hybridized carbons (Fsp3) is 1.00. The topological polar surface area (TPSA) is 32.5 Å². The van der Waals surface area contributed by atoms with E-state index in [0.29, 0.717) is 0 Å². The van der Waals surface area contributed by atoms with E-state index in [1.165, 1.54) is 32.6 Å². The summed E-state index contributed by atoms with van der Waals surface area (Å²) >= 11 is 0. The Balaban J connectivity index is 2.09. The van der Waals surface area contributed by atoms with Gasteiger partial charge in [-0.15, -0.1) is 0 Å². The van der Waals surface area contributed by atoms with Crippen LogP contribution in [0.3, 0.4) is 0 Å². The van der Waals surface area contributed by atoms with Crippen LogP contribution >= 0.6 is 0 Å². The van der Waals surface area contributed by atoms with Gasteiger partial charge in [-0.25, -0.2) is 0 Å². The molecule has 0 aliphatic carbocycles. The Labute approximate surface area is 105 Å². The van der Waals surface area contributed by atoms with Crippen molar-refractivity contribution in [2.24, 2.45) is 5.73 Å². The van der Waals surface area contributed by atoms with Crippen molar-refractivity contribution >= 4 is 0 Å². The third-order valence-electron chi connectivity index (χ3n) is 3.47. The molecule has 0 aromatic carbocycles. The first-order chi connectivity index (χ1) is 8.36. The van der Waals surface area contributed by atoms with E-state index in [4.69, 9.17) is 5.73 Å². The lowest BCUT2D eigenvalue weighted by molar-refractivity contribution is 0.251. The zero-order valence-corrected chi connectivity index (χ0v) is 11.0. The summed E-state index contributed by atoms with van der Waals surface area (Å²) in [5.74, 6) is 0. The summed E-state index contributed by atoms with van der Waals surface area (Å²) in [6.07, 6.45) is 5.28. The SMILES string of the molecule is NCCCN1CCCN(CCCCCF)CC1. The van der Waals surface area contributed by atoms with Gasteiger partial charge in [-0.05, 0) is 64.8 Å². The van der Waals surface area contributed by atoms with E-state index in [1.54, 1.807) is 0 Å². The average Bonchev–Trinajstić information content (AvgIpc) is 2.57. The highest BCUT2D eigenvalue weighted by Crippen LogP contribution is 2.06. The zero-order chi connectivity index (χ0) is 12.3. The molecule has 0 amide bonds. The number of rotatable bonds is 8. The molecule has 0 saturated carbocycles. The fourth-order valence-corrected chi connectivity index (χ4v) is 2.39. The summed E-state index contributed by atoms with van der Waals surface area (Å²) in [5, 5.41) is 0. The highest BCUT2D eigenvalue weighted by Gasteiger charge is 2.13. The summed E-state index contributed by atoms with van der Waals surface area (Å²) in [4.78, 5) is 5.05. The molecule has 17 heavy (non-hydrogen) atoms. The lowest BCUT2D eigenvalue weighted by Gasteiger charge is -2.21. The van der Waals surface area contributed by atoms with E-state index < -0.39 is 0 Å². The van der Waals surface area contributed by atoms with Gasteiger partial charge in [0.25, 0.3) is 0 Å². The van der Waals surface area contributed by atoms with Gasteiger partial charge >= 0.3 is 0 Å². The van der Waals surface area contributed by atoms with Gasteiger partial charge < -0.3 is 15.5 Å². The molecule has 0 radical (unpaired) electrons. The molecule has 4 heteroatoms. The van der Waals surface area contributed by atoms with Crippen molar-refractivity contribution < 1.29 is 4.39 Å². The van der Waals surface area contributed by atoms with Crippen molar-refractivity contribution in [3.8, 4) is 0 Å². The highest BCUT2D eigenvalue weighted by atomic mass is 19.1. The summed E-state index contributed by atoms with van der Waals surface area (Å²) in [5.41, 5.74) is 5.54. The minimum absolute atomic E-state index is 0.160. The molecule has 1 rings (SSSR count). The zero-order valence-electron chi connectivity index (χ0n) is 11.0. The second-order valence-electron chi connectivity index (χ2n) is 4.93. The molecule has 102 valence electrons. The van der Waals surface area contributed by atoms with Crippen LogP contribution in [0.2, 0.25) is 0 Å². The van der Waals surface area contributed by atoms with Crippen LogP contribution in [0.15, 0.2) is 0 Å². The predicted molar refractivity (Wildman–Crippen MR) is 71.0 cm³/mol. The van der Waals surface area contributed by atoms with Crippen molar-refractivity contribution in [1.82, 2.24) is 9.80 Å². The third-order valence-corrected chi connectivity index (χ3v) is 3.47. The van der Waals surface area contributed by atoms with Crippen molar-refractivity contribution in [2.75, 3.05) is 52.5 Å². The maximum absolute atomic E-state index is 12.0. The molecule has 1 aliphatic rings. The van der Waals surface area contributed by atoms with Gasteiger partial charge in [0.1, 0.15) is 0 Å². The molecule has 1 saturated heterocycles. The number of nitrogens with two attached hydrogens (primary N) is 1. The fourth-order valence-electron chi connectivity index (χ4n) is 2.39. The van der Waals surface area contributed by atoms with Crippen LogP contribution in [0, 0.1) is 0 Å². The Morgan fingerprint density at radius 3 is 2.06 bits per heavy atom. The van der Waals surface area contributed by atoms with Crippen LogP contribution in [0.4, 0.5) is 4.39 Å². The van der Waals surface area contributed by atoms with Crippen LogP contribution in [0.5, 0.6) is 0 Å². The number of hydrogen-bond acceptors (Lipinski definition) is 3. The molecular weight excluding hydrogens is 217 g/mol. The third kappa shape index (κ3) is 6.96. The van der Waals surface area contributed by atoms with Crippen LogP contribution in [-0.2, 0) is 0 Å². The quantitative estimate of drug-likeness (QED) is 0.658. The number of hydrogen-bond donors (Lipinski definition) is 1. The minimum Gasteiger partial charge on any atom is -0.330 e. The van der Waals surface area contributed by atoms with Gasteiger partial charge in [-0.2, -0.15) is 0 Å². The molecule has 1 fully saturated rings. The first kappa shape index (κ1) is 14.9. The van der Waals surface area contributed by atoms with E-state index in [0.717, 1.165) is 45.3 Å². The summed E-state index contributed by atoms with van der Waals surface area (Å²) < 4.78 is 12.0. The summed E-state index contributed by atoms with van der Waals surface area (Å²) in [6.45, 7) is 7.67. The molecule has 0 bridgehead atoms. The van der Waals surface area contributed by atoms with Gasteiger partial charge in [0, 0.05) is 13.1 Å². The Morgan fingerprint density at radius 2 is 1.47 bits per heavy atom. The average molecular weight is 245 g/mol. The first-order valence-electron chi connectivity index (χ1n) is 7.07. The van der Waals surface area contributed by atoms with E-state index in [2.05, 4.69) is 9.80 Å². The predicted octanol–water partition coefficient (Wildman–Crippen LogP) is 1.48. The van der Waals surface area contributed by atoms with Crippen molar-refractivity contribution in [3.63, 3.8) is 0 Å². The number of alkyl halides is 1. The van der Waals surface area contributed by atoms with Crippen LogP contribution in [0.1, 0.15) is 32.1 Å². The summed E-state index contributed by atoms with van der Waals surface area (Å²) in [6, 6.07) is 0. The van der Waals surface area contributed by atoms with Crippen LogP contribution in [-0.4, -0.2) is 62.3 Å². The molecule has 0 aromatic rings. The molecular formula is C13H28FN3. The highest BCUT2D eigenvalue weighted by molar-refractivity contribution is 4.69. The van der Waals surface area contributed by atoms with Gasteiger partial charge in [0.05, 0.1) is 6.67 Å². The van der Waals surface area contributed by atoms with E-state index >= 15 is 0 Å². The normalized spacial score (nSPS) is 19.4. The Kier molecular flexibility index (Phi) is 8.57. The largest absolute Gasteiger partial charge is 0.330 e. The maximum atomic E-state index is 12.0. The lowest BCUT2D eigenvalue weighted by Crippen LogP contribution is -2.32. The molecule has 1 heterocycles. The van der Waals surface area contributed by atoms with Gasteiger partial charge in [0.15, 0.2) is 0 Å². The van der Waals surface area contributed by atoms with Crippen molar-refractivity contribution in [3.05, 3.63) is 0 Å². The minimum atomic E-state index is -0.160. The van der Waals surface area contributed by atoms with Gasteiger partial charge in [-0.3, -0.25) is 4.39 Å². The summed E-state index contributed by atoms with van der Waals surface area (Å²) in [7, 11) is 0. The van der Waals surface area contributed by atoms with Crippen LogP contribution < -0.4 is 5.73 Å². The molecule has 2 N–H and O–H groups in total. The lowest BCUT2D eigenvalue weighted by atomic mass is 10.2. The molecule has 0 spiro atoms. The first-order valence-corrected chi connectivity index (χ1v) is 7.07. The monoisotopic (exact) mass is 245 g/mol. The smallest absolute Gasteiger partial charge is 0.0894 e. The van der Waals surface area contributed by atoms with Crippen LogP contribution in [0.25, 0.3) is 0 Å². The second kappa shape index (κ2) is 9.80. The standard InChI is InChI=1S/C13H28FN3/c14-6-2-1-3-8-16-10-5-11-17(13-12-16)9-4-7-15/h1-13,15H2. The molecule has 0 unspecified atom stereocenters. The molecule has 0 aromatic heterocycles.